The third kappa shape index (κ3) is 3.90. The first-order chi connectivity index (χ1) is 12.3. The summed E-state index contributed by atoms with van der Waals surface area (Å²) in [4.78, 5) is 17.3. The first-order valence-corrected chi connectivity index (χ1v) is 9.32. The van der Waals surface area contributed by atoms with Crippen molar-refractivity contribution in [2.24, 2.45) is 0 Å². The van der Waals surface area contributed by atoms with Gasteiger partial charge in [-0.2, -0.15) is 0 Å². The minimum atomic E-state index is 0.0796. The second kappa shape index (κ2) is 7.62. The number of ether oxygens (including phenoxy) is 3. The van der Waals surface area contributed by atoms with Crippen LogP contribution in [-0.2, 0) is 4.74 Å². The summed E-state index contributed by atoms with van der Waals surface area (Å²) in [5.74, 6) is 1.48. The Morgan fingerprint density at radius 2 is 1.88 bits per heavy atom. The average Bonchev–Trinajstić information content (AvgIpc) is 3.05. The van der Waals surface area contributed by atoms with Gasteiger partial charge < -0.3 is 19.1 Å². The molecule has 1 unspecified atom stereocenters. The molecular formula is C19H26N2O4. The molecule has 3 aliphatic heterocycles. The lowest BCUT2D eigenvalue weighted by Gasteiger charge is -2.24. The van der Waals surface area contributed by atoms with Gasteiger partial charge in [0.25, 0.3) is 5.91 Å². The molecule has 3 aliphatic rings. The van der Waals surface area contributed by atoms with Crippen molar-refractivity contribution in [1.82, 2.24) is 9.80 Å². The van der Waals surface area contributed by atoms with Crippen molar-refractivity contribution in [2.75, 3.05) is 52.5 Å². The fourth-order valence-electron chi connectivity index (χ4n) is 3.79. The standard InChI is InChI=1S/C19H26N2O4/c22-19(15-4-5-17-18(13-15)25-12-11-24-17)21-7-2-6-20(8-9-21)14-16-3-1-10-23-16/h4-5,13,16H,1-3,6-12,14H2. The van der Waals surface area contributed by atoms with Crippen LogP contribution >= 0.6 is 0 Å². The van der Waals surface area contributed by atoms with Crippen LogP contribution in [-0.4, -0.2) is 74.4 Å². The molecule has 1 amide bonds. The molecule has 0 radical (unpaired) electrons. The predicted molar refractivity (Wildman–Crippen MR) is 93.4 cm³/mol. The van der Waals surface area contributed by atoms with Crippen molar-refractivity contribution in [2.45, 2.75) is 25.4 Å². The summed E-state index contributed by atoms with van der Waals surface area (Å²) in [7, 11) is 0. The molecule has 0 spiro atoms. The highest BCUT2D eigenvalue weighted by Crippen LogP contribution is 2.31. The second-order valence-corrected chi connectivity index (χ2v) is 6.94. The van der Waals surface area contributed by atoms with Crippen molar-refractivity contribution in [3.05, 3.63) is 23.8 Å². The molecule has 1 atom stereocenters. The largest absolute Gasteiger partial charge is 0.486 e. The number of fused-ring (bicyclic) bond motifs is 1. The fraction of sp³-hybridized carbons (Fsp3) is 0.632. The zero-order chi connectivity index (χ0) is 17.1. The normalized spacial score (nSPS) is 24.2. The molecule has 0 aliphatic carbocycles. The number of nitrogens with zero attached hydrogens (tertiary/aromatic N) is 2. The van der Waals surface area contributed by atoms with E-state index in [0.29, 0.717) is 30.6 Å². The van der Waals surface area contributed by atoms with Gasteiger partial charge in [0.2, 0.25) is 0 Å². The first kappa shape index (κ1) is 16.7. The molecule has 0 N–H and O–H groups in total. The van der Waals surface area contributed by atoms with Gasteiger partial charge in [0, 0.05) is 38.3 Å². The van der Waals surface area contributed by atoms with Gasteiger partial charge in [0.15, 0.2) is 11.5 Å². The van der Waals surface area contributed by atoms with Crippen LogP contribution in [0.3, 0.4) is 0 Å². The maximum Gasteiger partial charge on any atom is 0.254 e. The van der Waals surface area contributed by atoms with E-state index in [2.05, 4.69) is 4.90 Å². The zero-order valence-electron chi connectivity index (χ0n) is 14.6. The quantitative estimate of drug-likeness (QED) is 0.835. The number of carbonyl (C=O) groups is 1. The molecule has 136 valence electrons. The predicted octanol–water partition coefficient (Wildman–Crippen LogP) is 1.78. The van der Waals surface area contributed by atoms with E-state index in [1.165, 1.54) is 6.42 Å². The monoisotopic (exact) mass is 346 g/mol. The number of hydrogen-bond donors (Lipinski definition) is 0. The molecule has 1 aromatic rings. The number of amides is 1. The molecular weight excluding hydrogens is 320 g/mol. The Kier molecular flexibility index (Phi) is 5.08. The van der Waals surface area contributed by atoms with E-state index in [4.69, 9.17) is 14.2 Å². The molecule has 2 saturated heterocycles. The van der Waals surface area contributed by atoms with Crippen LogP contribution in [0.25, 0.3) is 0 Å². The maximum absolute atomic E-state index is 12.9. The summed E-state index contributed by atoms with van der Waals surface area (Å²) >= 11 is 0. The zero-order valence-corrected chi connectivity index (χ0v) is 14.6. The molecule has 6 heteroatoms. The van der Waals surface area contributed by atoms with E-state index >= 15 is 0 Å². The van der Waals surface area contributed by atoms with Gasteiger partial charge in [-0.1, -0.05) is 0 Å². The lowest BCUT2D eigenvalue weighted by molar-refractivity contribution is 0.0703. The average molecular weight is 346 g/mol. The molecule has 0 aromatic heterocycles. The van der Waals surface area contributed by atoms with E-state index < -0.39 is 0 Å². The van der Waals surface area contributed by atoms with Gasteiger partial charge in [-0.3, -0.25) is 9.69 Å². The van der Waals surface area contributed by atoms with Crippen molar-refractivity contribution < 1.29 is 19.0 Å². The van der Waals surface area contributed by atoms with Crippen LogP contribution in [0.1, 0.15) is 29.6 Å². The van der Waals surface area contributed by atoms with E-state index in [1.807, 2.05) is 23.1 Å². The SMILES string of the molecule is O=C(c1ccc2c(c1)OCCO2)N1CCCN(CC2CCCO2)CC1. The highest BCUT2D eigenvalue weighted by molar-refractivity contribution is 5.95. The number of carbonyl (C=O) groups excluding carboxylic acids is 1. The van der Waals surface area contributed by atoms with Gasteiger partial charge in [0.05, 0.1) is 6.10 Å². The third-order valence-corrected chi connectivity index (χ3v) is 5.15. The van der Waals surface area contributed by atoms with Gasteiger partial charge in [-0.15, -0.1) is 0 Å². The summed E-state index contributed by atoms with van der Waals surface area (Å²) in [5.41, 5.74) is 0.678. The number of benzene rings is 1. The minimum absolute atomic E-state index is 0.0796. The Morgan fingerprint density at radius 3 is 2.72 bits per heavy atom. The lowest BCUT2D eigenvalue weighted by Crippen LogP contribution is -2.37. The Labute approximate surface area is 148 Å². The molecule has 25 heavy (non-hydrogen) atoms. The fourth-order valence-corrected chi connectivity index (χ4v) is 3.79. The van der Waals surface area contributed by atoms with Gasteiger partial charge >= 0.3 is 0 Å². The summed E-state index contributed by atoms with van der Waals surface area (Å²) in [6.45, 7) is 6.50. The Balaban J connectivity index is 1.37. The molecule has 2 fully saturated rings. The maximum atomic E-state index is 12.9. The first-order valence-electron chi connectivity index (χ1n) is 9.32. The van der Waals surface area contributed by atoms with Crippen molar-refractivity contribution in [1.29, 1.82) is 0 Å². The summed E-state index contributed by atoms with van der Waals surface area (Å²) in [5, 5.41) is 0. The molecule has 1 aromatic carbocycles. The van der Waals surface area contributed by atoms with Crippen molar-refractivity contribution >= 4 is 5.91 Å². The summed E-state index contributed by atoms with van der Waals surface area (Å²) < 4.78 is 16.9. The molecule has 0 bridgehead atoms. The van der Waals surface area contributed by atoms with Crippen LogP contribution < -0.4 is 9.47 Å². The topological polar surface area (TPSA) is 51.2 Å². The van der Waals surface area contributed by atoms with Gasteiger partial charge in [-0.05, 0) is 44.0 Å². The highest BCUT2D eigenvalue weighted by atomic mass is 16.6. The molecule has 3 heterocycles. The van der Waals surface area contributed by atoms with E-state index in [-0.39, 0.29) is 5.91 Å². The second-order valence-electron chi connectivity index (χ2n) is 6.94. The lowest BCUT2D eigenvalue weighted by atomic mass is 10.1. The van der Waals surface area contributed by atoms with Crippen LogP contribution in [0.15, 0.2) is 18.2 Å². The van der Waals surface area contributed by atoms with E-state index in [1.54, 1.807) is 0 Å². The van der Waals surface area contributed by atoms with Crippen LogP contribution in [0.5, 0.6) is 11.5 Å². The Morgan fingerprint density at radius 1 is 1.00 bits per heavy atom. The van der Waals surface area contributed by atoms with Crippen molar-refractivity contribution in [3.8, 4) is 11.5 Å². The number of hydrogen-bond acceptors (Lipinski definition) is 5. The summed E-state index contributed by atoms with van der Waals surface area (Å²) in [6.07, 6.45) is 3.71. The van der Waals surface area contributed by atoms with E-state index in [9.17, 15) is 4.79 Å². The Bertz CT molecular complexity index is 615. The van der Waals surface area contributed by atoms with Gasteiger partial charge in [0.1, 0.15) is 13.2 Å². The van der Waals surface area contributed by atoms with Gasteiger partial charge in [-0.25, -0.2) is 0 Å². The van der Waals surface area contributed by atoms with Crippen LogP contribution in [0.4, 0.5) is 0 Å². The smallest absolute Gasteiger partial charge is 0.254 e. The third-order valence-electron chi connectivity index (χ3n) is 5.15. The van der Waals surface area contributed by atoms with Crippen LogP contribution in [0, 0.1) is 0 Å². The molecule has 6 nitrogen and oxygen atoms in total. The van der Waals surface area contributed by atoms with E-state index in [0.717, 1.165) is 57.9 Å². The van der Waals surface area contributed by atoms with Crippen LogP contribution in [0.2, 0.25) is 0 Å². The van der Waals surface area contributed by atoms with Crippen molar-refractivity contribution in [3.63, 3.8) is 0 Å². The Hall–Kier alpha value is -1.79. The number of rotatable bonds is 3. The summed E-state index contributed by atoms with van der Waals surface area (Å²) in [6, 6.07) is 5.49. The minimum Gasteiger partial charge on any atom is -0.486 e. The molecule has 0 saturated carbocycles. The molecule has 4 rings (SSSR count). The highest BCUT2D eigenvalue weighted by Gasteiger charge is 2.24.